The number of unbranched alkanes of at least 4 members (excludes halogenated alkanes) is 18. The van der Waals surface area contributed by atoms with Crippen molar-refractivity contribution in [3.05, 3.63) is 48.6 Å². The van der Waals surface area contributed by atoms with Gasteiger partial charge >= 0.3 is 17.9 Å². The lowest BCUT2D eigenvalue weighted by Crippen LogP contribution is -2.50. The Labute approximate surface area is 344 Å². The first kappa shape index (κ1) is 53.3. The number of carboxylic acid groups (broad SMARTS) is 1. The van der Waals surface area contributed by atoms with E-state index < -0.39 is 18.1 Å². The molecule has 0 aliphatic carbocycles. The van der Waals surface area contributed by atoms with E-state index >= 15 is 0 Å². The fourth-order valence-corrected chi connectivity index (χ4v) is 6.49. The number of hydrogen-bond acceptors (Lipinski definition) is 6. The molecule has 0 amide bonds. The maximum Gasteiger partial charge on any atom is 0.362 e. The Bertz CT molecular complexity index is 1060. The molecule has 0 aliphatic rings. The van der Waals surface area contributed by atoms with Crippen molar-refractivity contribution >= 4 is 17.9 Å². The molecule has 0 fully saturated rings. The zero-order chi connectivity index (χ0) is 41.4. The van der Waals surface area contributed by atoms with Crippen LogP contribution in [0.3, 0.4) is 0 Å². The Balaban J connectivity index is 4.21. The van der Waals surface area contributed by atoms with Crippen LogP contribution < -0.4 is 0 Å². The van der Waals surface area contributed by atoms with Crippen LogP contribution in [0, 0.1) is 0 Å². The van der Waals surface area contributed by atoms with Crippen molar-refractivity contribution in [3.63, 3.8) is 0 Å². The first-order valence-electron chi connectivity index (χ1n) is 22.7. The SMILES string of the molecule is CC/C=C\C/C=C\C/C=C\C/C=C\CCCCCCCCCCCCC(=O)OC(COCCC(C(=O)O)[N+](C)(C)C)COC(=O)CCCCCCCCCCC. The predicted octanol–water partition coefficient (Wildman–Crippen LogP) is 12.4. The highest BCUT2D eigenvalue weighted by Crippen LogP contribution is 2.15. The highest BCUT2D eigenvalue weighted by Gasteiger charge is 2.31. The van der Waals surface area contributed by atoms with Crippen LogP contribution in [-0.2, 0) is 28.6 Å². The topological polar surface area (TPSA) is 99.1 Å². The molecule has 0 aliphatic heterocycles. The molecule has 324 valence electrons. The van der Waals surface area contributed by atoms with Gasteiger partial charge in [0.05, 0.1) is 34.4 Å². The van der Waals surface area contributed by atoms with Crippen molar-refractivity contribution < 1.29 is 38.2 Å². The van der Waals surface area contributed by atoms with Crippen molar-refractivity contribution in [2.75, 3.05) is 41.0 Å². The van der Waals surface area contributed by atoms with E-state index in [1.807, 2.05) is 21.1 Å². The maximum absolute atomic E-state index is 12.7. The second-order valence-corrected chi connectivity index (χ2v) is 16.3. The van der Waals surface area contributed by atoms with Gasteiger partial charge in [-0.3, -0.25) is 9.59 Å². The van der Waals surface area contributed by atoms with Crippen LogP contribution in [0.15, 0.2) is 48.6 Å². The Morgan fingerprint density at radius 1 is 0.554 bits per heavy atom. The molecule has 56 heavy (non-hydrogen) atoms. The van der Waals surface area contributed by atoms with Crippen LogP contribution >= 0.6 is 0 Å². The van der Waals surface area contributed by atoms with Gasteiger partial charge in [0.2, 0.25) is 0 Å². The molecule has 2 atom stereocenters. The third-order valence-corrected chi connectivity index (χ3v) is 9.99. The summed E-state index contributed by atoms with van der Waals surface area (Å²) in [4.78, 5) is 36.9. The number of esters is 2. The van der Waals surface area contributed by atoms with Gasteiger partial charge in [-0.25, -0.2) is 4.79 Å². The van der Waals surface area contributed by atoms with Gasteiger partial charge < -0.3 is 23.8 Å². The number of carboxylic acids is 1. The molecule has 8 heteroatoms. The Morgan fingerprint density at radius 2 is 1.00 bits per heavy atom. The van der Waals surface area contributed by atoms with Crippen LogP contribution in [0.25, 0.3) is 0 Å². The number of ether oxygens (including phenoxy) is 3. The van der Waals surface area contributed by atoms with Gasteiger partial charge in [0.15, 0.2) is 12.1 Å². The quantitative estimate of drug-likeness (QED) is 0.0286. The molecule has 8 nitrogen and oxygen atoms in total. The lowest BCUT2D eigenvalue weighted by atomic mass is 10.0. The largest absolute Gasteiger partial charge is 0.477 e. The van der Waals surface area contributed by atoms with Crippen molar-refractivity contribution in [1.29, 1.82) is 0 Å². The minimum absolute atomic E-state index is 0.0515. The molecule has 0 saturated heterocycles. The number of allylic oxidation sites excluding steroid dienone is 8. The van der Waals surface area contributed by atoms with E-state index in [-0.39, 0.29) is 36.2 Å². The van der Waals surface area contributed by atoms with Crippen LogP contribution in [0.1, 0.15) is 187 Å². The van der Waals surface area contributed by atoms with Gasteiger partial charge in [-0.15, -0.1) is 0 Å². The molecule has 0 spiro atoms. The summed E-state index contributed by atoms with van der Waals surface area (Å²) in [6.45, 7) is 4.60. The maximum atomic E-state index is 12.7. The summed E-state index contributed by atoms with van der Waals surface area (Å²) in [5.74, 6) is -1.47. The molecule has 2 unspecified atom stereocenters. The highest BCUT2D eigenvalue weighted by molar-refractivity contribution is 5.72. The van der Waals surface area contributed by atoms with E-state index in [0.29, 0.717) is 19.3 Å². The molecular weight excluding hydrogens is 703 g/mol. The number of nitrogens with zero attached hydrogens (tertiary/aromatic N) is 1. The molecule has 0 heterocycles. The van der Waals surface area contributed by atoms with Crippen LogP contribution in [0.2, 0.25) is 0 Å². The molecule has 0 bridgehead atoms. The number of likely N-dealkylation sites (N-methyl/N-ethyl adjacent to an activating group) is 1. The van der Waals surface area contributed by atoms with Crippen LogP contribution in [-0.4, -0.2) is 80.6 Å². The molecule has 0 aromatic carbocycles. The number of rotatable bonds is 40. The van der Waals surface area contributed by atoms with E-state index in [2.05, 4.69) is 62.5 Å². The lowest BCUT2D eigenvalue weighted by Gasteiger charge is -2.31. The normalized spacial score (nSPS) is 13.4. The van der Waals surface area contributed by atoms with E-state index in [9.17, 15) is 19.5 Å². The molecule has 0 radical (unpaired) electrons. The average molecular weight is 789 g/mol. The van der Waals surface area contributed by atoms with Crippen molar-refractivity contribution in [3.8, 4) is 0 Å². The predicted molar refractivity (Wildman–Crippen MR) is 234 cm³/mol. The van der Waals surface area contributed by atoms with Gasteiger partial charge in [-0.1, -0.05) is 165 Å². The first-order chi connectivity index (χ1) is 27.1. The average Bonchev–Trinajstić information content (AvgIpc) is 3.15. The van der Waals surface area contributed by atoms with Gasteiger partial charge in [0.25, 0.3) is 0 Å². The number of carbonyl (C=O) groups excluding carboxylic acids is 2. The zero-order valence-electron chi connectivity index (χ0n) is 36.8. The number of quaternary nitrogens is 1. The third kappa shape index (κ3) is 36.9. The summed E-state index contributed by atoms with van der Waals surface area (Å²) < 4.78 is 17.2. The smallest absolute Gasteiger partial charge is 0.362 e. The fourth-order valence-electron chi connectivity index (χ4n) is 6.49. The van der Waals surface area contributed by atoms with Crippen molar-refractivity contribution in [2.24, 2.45) is 0 Å². The highest BCUT2D eigenvalue weighted by atomic mass is 16.6. The van der Waals surface area contributed by atoms with Gasteiger partial charge in [0.1, 0.15) is 6.61 Å². The summed E-state index contributed by atoms with van der Waals surface area (Å²) >= 11 is 0. The van der Waals surface area contributed by atoms with E-state index in [4.69, 9.17) is 14.2 Å². The Hall–Kier alpha value is -2.71. The Kier molecular flexibility index (Phi) is 37.2. The van der Waals surface area contributed by atoms with Gasteiger partial charge in [0, 0.05) is 19.3 Å². The van der Waals surface area contributed by atoms with Crippen LogP contribution in [0.5, 0.6) is 0 Å². The van der Waals surface area contributed by atoms with E-state index in [0.717, 1.165) is 64.2 Å². The van der Waals surface area contributed by atoms with Crippen molar-refractivity contribution in [2.45, 2.75) is 199 Å². The number of hydrogen-bond donors (Lipinski definition) is 1. The van der Waals surface area contributed by atoms with E-state index in [1.54, 1.807) is 0 Å². The second-order valence-electron chi connectivity index (χ2n) is 16.3. The molecule has 1 N–H and O–H groups in total. The third-order valence-electron chi connectivity index (χ3n) is 9.99. The number of aliphatic carboxylic acids is 1. The number of carbonyl (C=O) groups is 3. The molecule has 0 rings (SSSR count). The standard InChI is InChI=1S/C48H85NO7/c1-6-8-10-12-14-16-17-18-19-20-21-22-23-24-25-26-27-28-29-31-33-35-37-39-47(51)56-44(42-54-41-40-45(48(52)53)49(3,4)5)43-55-46(50)38-36-34-32-30-15-13-11-9-7-2/h8,10,14,16,18-19,21-22,44-45H,6-7,9,11-13,15,17,20,23-43H2,1-5H3/p+1/b10-8-,16-14-,19-18-,22-21-. The molecule has 0 aromatic heterocycles. The minimum atomic E-state index is -0.876. The second kappa shape index (κ2) is 39.1. The summed E-state index contributed by atoms with van der Waals surface area (Å²) in [7, 11) is 5.52. The zero-order valence-corrected chi connectivity index (χ0v) is 36.8. The molecular formula is C48H86NO7+. The summed E-state index contributed by atoms with van der Waals surface area (Å²) in [6.07, 6.45) is 45.9. The summed E-state index contributed by atoms with van der Waals surface area (Å²) in [5, 5.41) is 9.61. The first-order valence-corrected chi connectivity index (χ1v) is 22.7. The van der Waals surface area contributed by atoms with E-state index in [1.165, 1.54) is 89.9 Å². The van der Waals surface area contributed by atoms with Gasteiger partial charge in [-0.05, 0) is 51.4 Å². The van der Waals surface area contributed by atoms with Crippen LogP contribution in [0.4, 0.5) is 0 Å². The molecule has 0 saturated carbocycles. The minimum Gasteiger partial charge on any atom is -0.477 e. The monoisotopic (exact) mass is 789 g/mol. The Morgan fingerprint density at radius 3 is 1.48 bits per heavy atom. The summed E-state index contributed by atoms with van der Waals surface area (Å²) in [5.41, 5.74) is 0. The lowest BCUT2D eigenvalue weighted by molar-refractivity contribution is -0.887. The van der Waals surface area contributed by atoms with Gasteiger partial charge in [-0.2, -0.15) is 0 Å². The summed E-state index contributed by atoms with van der Waals surface area (Å²) in [6, 6.07) is -0.614. The van der Waals surface area contributed by atoms with Crippen molar-refractivity contribution in [1.82, 2.24) is 0 Å². The fraction of sp³-hybridized carbons (Fsp3) is 0.771. The molecule has 0 aromatic rings.